The van der Waals surface area contributed by atoms with Crippen LogP contribution in [0.3, 0.4) is 0 Å². The standard InChI is InChI=1S/C13H12FNO/c14-10-3-1-9(2-4-10)12-7-15-8-13-11(12)5-6-16-13/h1-6,12,15H,7-8H2. The maximum atomic E-state index is 12.9. The highest BCUT2D eigenvalue weighted by Crippen LogP contribution is 2.30. The molecular weight excluding hydrogens is 205 g/mol. The zero-order valence-corrected chi connectivity index (χ0v) is 8.74. The Hall–Kier alpha value is -1.61. The van der Waals surface area contributed by atoms with E-state index in [1.54, 1.807) is 6.26 Å². The lowest BCUT2D eigenvalue weighted by Crippen LogP contribution is -2.27. The first-order valence-electron chi connectivity index (χ1n) is 5.37. The van der Waals surface area contributed by atoms with E-state index in [4.69, 9.17) is 4.42 Å². The summed E-state index contributed by atoms with van der Waals surface area (Å²) in [7, 11) is 0. The number of hydrogen-bond donors (Lipinski definition) is 1. The molecule has 0 saturated carbocycles. The summed E-state index contributed by atoms with van der Waals surface area (Å²) in [6, 6.07) is 8.69. The minimum absolute atomic E-state index is 0.195. The maximum Gasteiger partial charge on any atom is 0.123 e. The minimum atomic E-state index is -0.195. The number of furan rings is 1. The quantitative estimate of drug-likeness (QED) is 0.794. The van der Waals surface area contributed by atoms with Crippen LogP contribution >= 0.6 is 0 Å². The van der Waals surface area contributed by atoms with E-state index in [1.165, 1.54) is 17.7 Å². The molecule has 16 heavy (non-hydrogen) atoms. The normalized spacial score (nSPS) is 19.4. The molecule has 0 amide bonds. The third-order valence-corrected chi connectivity index (χ3v) is 3.06. The molecule has 0 radical (unpaired) electrons. The number of halogens is 1. The van der Waals surface area contributed by atoms with Gasteiger partial charge in [-0.05, 0) is 23.8 Å². The lowest BCUT2D eigenvalue weighted by molar-refractivity contribution is 0.450. The Bertz CT molecular complexity index is 489. The molecule has 1 N–H and O–H groups in total. The molecule has 0 spiro atoms. The Morgan fingerprint density at radius 2 is 2.00 bits per heavy atom. The van der Waals surface area contributed by atoms with Gasteiger partial charge in [-0.2, -0.15) is 0 Å². The zero-order valence-electron chi connectivity index (χ0n) is 8.74. The van der Waals surface area contributed by atoms with E-state index in [9.17, 15) is 4.39 Å². The van der Waals surface area contributed by atoms with Crippen LogP contribution in [0.15, 0.2) is 41.0 Å². The smallest absolute Gasteiger partial charge is 0.123 e. The predicted octanol–water partition coefficient (Wildman–Crippen LogP) is 2.65. The van der Waals surface area contributed by atoms with Gasteiger partial charge in [0.25, 0.3) is 0 Å². The third kappa shape index (κ3) is 1.53. The molecule has 1 aliphatic rings. The second kappa shape index (κ2) is 3.76. The second-order valence-electron chi connectivity index (χ2n) is 4.03. The van der Waals surface area contributed by atoms with Crippen molar-refractivity contribution in [3.8, 4) is 0 Å². The summed E-state index contributed by atoms with van der Waals surface area (Å²) < 4.78 is 18.3. The highest BCUT2D eigenvalue weighted by molar-refractivity contribution is 5.36. The molecule has 82 valence electrons. The van der Waals surface area contributed by atoms with Crippen molar-refractivity contribution in [2.24, 2.45) is 0 Å². The second-order valence-corrected chi connectivity index (χ2v) is 4.03. The van der Waals surface area contributed by atoms with E-state index < -0.39 is 0 Å². The molecule has 3 heteroatoms. The molecule has 0 bridgehead atoms. The molecule has 1 aromatic carbocycles. The molecule has 2 aromatic rings. The molecule has 1 aromatic heterocycles. The van der Waals surface area contributed by atoms with Crippen molar-refractivity contribution in [1.82, 2.24) is 5.32 Å². The Labute approximate surface area is 93.1 Å². The van der Waals surface area contributed by atoms with E-state index in [1.807, 2.05) is 18.2 Å². The van der Waals surface area contributed by atoms with Crippen LogP contribution < -0.4 is 5.32 Å². The fraction of sp³-hybridized carbons (Fsp3) is 0.231. The first-order chi connectivity index (χ1) is 7.84. The summed E-state index contributed by atoms with van der Waals surface area (Å²) in [6.45, 7) is 1.65. The maximum absolute atomic E-state index is 12.9. The fourth-order valence-electron chi connectivity index (χ4n) is 2.24. The average molecular weight is 217 g/mol. The van der Waals surface area contributed by atoms with E-state index in [-0.39, 0.29) is 11.7 Å². The SMILES string of the molecule is Fc1ccc(C2CNCc3occc32)cc1. The minimum Gasteiger partial charge on any atom is -0.468 e. The van der Waals surface area contributed by atoms with Gasteiger partial charge in [0.15, 0.2) is 0 Å². The fourth-order valence-corrected chi connectivity index (χ4v) is 2.24. The summed E-state index contributed by atoms with van der Waals surface area (Å²) in [4.78, 5) is 0. The third-order valence-electron chi connectivity index (χ3n) is 3.06. The summed E-state index contributed by atoms with van der Waals surface area (Å²) in [6.07, 6.45) is 1.72. The van der Waals surface area contributed by atoms with Crippen LogP contribution in [0.2, 0.25) is 0 Å². The summed E-state index contributed by atoms with van der Waals surface area (Å²) in [5, 5.41) is 3.30. The number of nitrogens with one attached hydrogen (secondary N) is 1. The Balaban J connectivity index is 2.00. The van der Waals surface area contributed by atoms with Crippen molar-refractivity contribution < 1.29 is 8.81 Å². The van der Waals surface area contributed by atoms with Crippen molar-refractivity contribution >= 4 is 0 Å². The Kier molecular flexibility index (Phi) is 2.26. The molecule has 0 fully saturated rings. The molecule has 1 unspecified atom stereocenters. The number of benzene rings is 1. The van der Waals surface area contributed by atoms with Crippen LogP contribution in [-0.4, -0.2) is 6.54 Å². The van der Waals surface area contributed by atoms with Gasteiger partial charge in [0.2, 0.25) is 0 Å². The molecule has 3 rings (SSSR count). The molecule has 2 heterocycles. The first-order valence-corrected chi connectivity index (χ1v) is 5.37. The van der Waals surface area contributed by atoms with Crippen molar-refractivity contribution in [3.63, 3.8) is 0 Å². The van der Waals surface area contributed by atoms with Gasteiger partial charge in [-0.15, -0.1) is 0 Å². The van der Waals surface area contributed by atoms with Gasteiger partial charge in [0.1, 0.15) is 11.6 Å². The summed E-state index contributed by atoms with van der Waals surface area (Å²) >= 11 is 0. The Morgan fingerprint density at radius 1 is 1.19 bits per heavy atom. The highest BCUT2D eigenvalue weighted by Gasteiger charge is 2.23. The average Bonchev–Trinajstić information content (AvgIpc) is 2.78. The molecule has 2 nitrogen and oxygen atoms in total. The number of fused-ring (bicyclic) bond motifs is 1. The first kappa shape index (κ1) is 9.60. The Morgan fingerprint density at radius 3 is 2.81 bits per heavy atom. The van der Waals surface area contributed by atoms with Crippen molar-refractivity contribution in [3.05, 3.63) is 59.3 Å². The molecule has 0 saturated heterocycles. The number of hydrogen-bond acceptors (Lipinski definition) is 2. The zero-order chi connectivity index (χ0) is 11.0. The van der Waals surface area contributed by atoms with Gasteiger partial charge in [-0.1, -0.05) is 12.1 Å². The van der Waals surface area contributed by atoms with E-state index in [2.05, 4.69) is 5.32 Å². The molecule has 1 atom stereocenters. The van der Waals surface area contributed by atoms with Gasteiger partial charge in [-0.25, -0.2) is 4.39 Å². The topological polar surface area (TPSA) is 25.2 Å². The predicted molar refractivity (Wildman–Crippen MR) is 58.7 cm³/mol. The molecule has 1 aliphatic heterocycles. The van der Waals surface area contributed by atoms with Crippen molar-refractivity contribution in [2.45, 2.75) is 12.5 Å². The van der Waals surface area contributed by atoms with Gasteiger partial charge < -0.3 is 9.73 Å². The lowest BCUT2D eigenvalue weighted by atomic mass is 9.89. The van der Waals surface area contributed by atoms with Crippen LogP contribution in [0.25, 0.3) is 0 Å². The van der Waals surface area contributed by atoms with Gasteiger partial charge in [0.05, 0.1) is 12.8 Å². The van der Waals surface area contributed by atoms with Gasteiger partial charge >= 0.3 is 0 Å². The van der Waals surface area contributed by atoms with Crippen molar-refractivity contribution in [1.29, 1.82) is 0 Å². The largest absolute Gasteiger partial charge is 0.468 e. The van der Waals surface area contributed by atoms with Crippen LogP contribution in [0.5, 0.6) is 0 Å². The van der Waals surface area contributed by atoms with Crippen LogP contribution in [0, 0.1) is 5.82 Å². The lowest BCUT2D eigenvalue weighted by Gasteiger charge is -2.22. The van der Waals surface area contributed by atoms with Crippen LogP contribution in [0.4, 0.5) is 4.39 Å². The van der Waals surface area contributed by atoms with Gasteiger partial charge in [0, 0.05) is 18.0 Å². The van der Waals surface area contributed by atoms with Crippen molar-refractivity contribution in [2.75, 3.05) is 6.54 Å². The number of rotatable bonds is 1. The molecule has 0 aliphatic carbocycles. The van der Waals surface area contributed by atoms with E-state index in [0.29, 0.717) is 0 Å². The van der Waals surface area contributed by atoms with Crippen LogP contribution in [0.1, 0.15) is 22.8 Å². The summed E-state index contributed by atoms with van der Waals surface area (Å²) in [5.41, 5.74) is 2.33. The summed E-state index contributed by atoms with van der Waals surface area (Å²) in [5.74, 6) is 1.06. The van der Waals surface area contributed by atoms with Gasteiger partial charge in [-0.3, -0.25) is 0 Å². The van der Waals surface area contributed by atoms with E-state index in [0.717, 1.165) is 24.4 Å². The van der Waals surface area contributed by atoms with Crippen LogP contribution in [-0.2, 0) is 6.54 Å². The monoisotopic (exact) mass is 217 g/mol. The molecular formula is C13H12FNO. The van der Waals surface area contributed by atoms with E-state index >= 15 is 0 Å². The highest BCUT2D eigenvalue weighted by atomic mass is 19.1.